The van der Waals surface area contributed by atoms with Crippen LogP contribution in [0.4, 0.5) is 11.4 Å². The number of aromatic carboxylic acids is 1. The predicted molar refractivity (Wildman–Crippen MR) is 98.4 cm³/mol. The second-order valence-corrected chi connectivity index (χ2v) is 6.55. The van der Waals surface area contributed by atoms with E-state index in [1.165, 1.54) is 12.5 Å². The molecule has 1 saturated heterocycles. The number of anilines is 2. The highest BCUT2D eigenvalue weighted by Gasteiger charge is 2.22. The Labute approximate surface area is 147 Å². The van der Waals surface area contributed by atoms with Crippen LogP contribution in [0.3, 0.4) is 0 Å². The second-order valence-electron chi connectivity index (χ2n) is 6.55. The number of nitrogens with one attached hydrogen (secondary N) is 1. The van der Waals surface area contributed by atoms with Crippen molar-refractivity contribution < 1.29 is 14.7 Å². The van der Waals surface area contributed by atoms with Gasteiger partial charge in [-0.25, -0.2) is 4.79 Å². The van der Waals surface area contributed by atoms with Gasteiger partial charge in [0.1, 0.15) is 0 Å². The number of benzene rings is 2. The normalized spacial score (nSPS) is 17.2. The van der Waals surface area contributed by atoms with E-state index >= 15 is 0 Å². The van der Waals surface area contributed by atoms with Crippen LogP contribution in [0.5, 0.6) is 0 Å². The van der Waals surface area contributed by atoms with Crippen LogP contribution >= 0.6 is 0 Å². The van der Waals surface area contributed by atoms with Crippen LogP contribution in [-0.4, -0.2) is 30.1 Å². The summed E-state index contributed by atoms with van der Waals surface area (Å²) in [7, 11) is 0. The second kappa shape index (κ2) is 7.38. The average Bonchev–Trinajstić information content (AvgIpc) is 2.62. The van der Waals surface area contributed by atoms with Gasteiger partial charge in [0.25, 0.3) is 5.91 Å². The smallest absolute Gasteiger partial charge is 0.337 e. The first-order valence-electron chi connectivity index (χ1n) is 8.53. The minimum Gasteiger partial charge on any atom is -0.478 e. The lowest BCUT2D eigenvalue weighted by molar-refractivity contribution is 0.0697. The molecule has 0 aliphatic carbocycles. The molecule has 0 unspecified atom stereocenters. The molecule has 1 atom stereocenters. The van der Waals surface area contributed by atoms with Gasteiger partial charge in [0.2, 0.25) is 0 Å². The Balaban J connectivity index is 1.84. The molecule has 1 amide bonds. The minimum atomic E-state index is -0.982. The third kappa shape index (κ3) is 3.99. The lowest BCUT2D eigenvalue weighted by atomic mass is 9.98. The highest BCUT2D eigenvalue weighted by Crippen LogP contribution is 2.29. The number of carboxylic acids is 1. The van der Waals surface area contributed by atoms with Gasteiger partial charge in [0, 0.05) is 24.3 Å². The van der Waals surface area contributed by atoms with Crippen LogP contribution in [0.25, 0.3) is 0 Å². The van der Waals surface area contributed by atoms with Crippen molar-refractivity contribution in [1.29, 1.82) is 0 Å². The summed E-state index contributed by atoms with van der Waals surface area (Å²) in [6, 6.07) is 14.0. The fraction of sp³-hybridized carbons (Fsp3) is 0.300. The Morgan fingerprint density at radius 3 is 2.60 bits per heavy atom. The number of amides is 1. The molecule has 2 aromatic carbocycles. The fourth-order valence-electron chi connectivity index (χ4n) is 3.26. The molecule has 25 heavy (non-hydrogen) atoms. The van der Waals surface area contributed by atoms with E-state index in [9.17, 15) is 14.7 Å². The summed E-state index contributed by atoms with van der Waals surface area (Å²) < 4.78 is 0. The molecule has 0 bridgehead atoms. The van der Waals surface area contributed by atoms with E-state index in [0.29, 0.717) is 17.2 Å². The predicted octanol–water partition coefficient (Wildman–Crippen LogP) is 3.87. The molecule has 0 spiro atoms. The van der Waals surface area contributed by atoms with E-state index in [-0.39, 0.29) is 11.5 Å². The molecule has 2 N–H and O–H groups in total. The molecule has 130 valence electrons. The Morgan fingerprint density at radius 2 is 1.92 bits per heavy atom. The van der Waals surface area contributed by atoms with Gasteiger partial charge in [-0.3, -0.25) is 4.79 Å². The lowest BCUT2D eigenvalue weighted by Crippen LogP contribution is -2.35. The van der Waals surface area contributed by atoms with Crippen LogP contribution in [0, 0.1) is 5.92 Å². The van der Waals surface area contributed by atoms with Crippen molar-refractivity contribution in [3.63, 3.8) is 0 Å². The zero-order valence-corrected chi connectivity index (χ0v) is 14.2. The first kappa shape index (κ1) is 17.0. The van der Waals surface area contributed by atoms with Gasteiger partial charge >= 0.3 is 5.97 Å². The first-order chi connectivity index (χ1) is 12.0. The maximum Gasteiger partial charge on any atom is 0.337 e. The molecule has 1 fully saturated rings. The zero-order valence-electron chi connectivity index (χ0n) is 14.2. The van der Waals surface area contributed by atoms with Crippen molar-refractivity contribution in [2.24, 2.45) is 5.92 Å². The summed E-state index contributed by atoms with van der Waals surface area (Å²) in [4.78, 5) is 26.1. The molecule has 2 aromatic rings. The van der Waals surface area contributed by atoms with Crippen molar-refractivity contribution in [3.8, 4) is 0 Å². The van der Waals surface area contributed by atoms with E-state index in [0.717, 1.165) is 25.2 Å². The molecule has 5 heteroatoms. The number of carbonyl (C=O) groups excluding carboxylic acids is 1. The van der Waals surface area contributed by atoms with E-state index in [1.54, 1.807) is 36.4 Å². The quantitative estimate of drug-likeness (QED) is 0.888. The largest absolute Gasteiger partial charge is 0.478 e. The van der Waals surface area contributed by atoms with Crippen molar-refractivity contribution >= 4 is 23.3 Å². The van der Waals surface area contributed by atoms with E-state index < -0.39 is 5.97 Å². The van der Waals surface area contributed by atoms with E-state index in [2.05, 4.69) is 17.1 Å². The Hall–Kier alpha value is -2.82. The van der Waals surface area contributed by atoms with Crippen molar-refractivity contribution in [2.45, 2.75) is 19.8 Å². The monoisotopic (exact) mass is 338 g/mol. The number of piperidine rings is 1. The topological polar surface area (TPSA) is 69.6 Å². The molecule has 5 nitrogen and oxygen atoms in total. The van der Waals surface area contributed by atoms with Gasteiger partial charge in [0.05, 0.1) is 11.3 Å². The number of nitrogens with zero attached hydrogens (tertiary/aromatic N) is 1. The van der Waals surface area contributed by atoms with Crippen LogP contribution in [0.1, 0.15) is 40.5 Å². The fourth-order valence-corrected chi connectivity index (χ4v) is 3.26. The SMILES string of the molecule is C[C@H]1CCCN(c2ccc(NC(=O)c3ccccc3)cc2C(=O)O)C1. The van der Waals surface area contributed by atoms with Crippen LogP contribution < -0.4 is 10.2 Å². The summed E-state index contributed by atoms with van der Waals surface area (Å²) in [6.45, 7) is 3.90. The highest BCUT2D eigenvalue weighted by atomic mass is 16.4. The first-order valence-corrected chi connectivity index (χ1v) is 8.53. The van der Waals surface area contributed by atoms with Gasteiger partial charge in [0.15, 0.2) is 0 Å². The number of hydrogen-bond donors (Lipinski definition) is 2. The molecule has 1 heterocycles. The van der Waals surface area contributed by atoms with Crippen LogP contribution in [0.2, 0.25) is 0 Å². The molecule has 0 saturated carbocycles. The number of carbonyl (C=O) groups is 2. The van der Waals surface area contributed by atoms with Gasteiger partial charge < -0.3 is 15.3 Å². The van der Waals surface area contributed by atoms with Crippen LogP contribution in [-0.2, 0) is 0 Å². The van der Waals surface area contributed by atoms with Gasteiger partial charge in [-0.05, 0) is 49.1 Å². The standard InChI is InChI=1S/C20H22N2O3/c1-14-6-5-11-22(13-14)18-10-9-16(12-17(18)20(24)25)21-19(23)15-7-3-2-4-8-15/h2-4,7-10,12,14H,5-6,11,13H2,1H3,(H,21,23)(H,24,25)/t14-/m0/s1. The number of carboxylic acid groups (broad SMARTS) is 1. The summed E-state index contributed by atoms with van der Waals surface area (Å²) in [5.74, 6) is -0.687. The number of rotatable bonds is 4. The summed E-state index contributed by atoms with van der Waals surface area (Å²) >= 11 is 0. The van der Waals surface area contributed by atoms with Crippen LogP contribution in [0.15, 0.2) is 48.5 Å². The highest BCUT2D eigenvalue weighted by molar-refractivity contribution is 6.05. The molecule has 3 rings (SSSR count). The molecule has 1 aliphatic heterocycles. The summed E-state index contributed by atoms with van der Waals surface area (Å²) in [6.07, 6.45) is 2.23. The molecule has 0 radical (unpaired) electrons. The average molecular weight is 338 g/mol. The van der Waals surface area contributed by atoms with Crippen molar-refractivity contribution in [3.05, 3.63) is 59.7 Å². The maximum absolute atomic E-state index is 12.3. The van der Waals surface area contributed by atoms with E-state index in [1.807, 2.05) is 6.07 Å². The van der Waals surface area contributed by atoms with Gasteiger partial charge in [-0.2, -0.15) is 0 Å². The van der Waals surface area contributed by atoms with Gasteiger partial charge in [-0.15, -0.1) is 0 Å². The minimum absolute atomic E-state index is 0.222. The Bertz CT molecular complexity index is 774. The zero-order chi connectivity index (χ0) is 17.8. The molecular formula is C20H22N2O3. The third-order valence-electron chi connectivity index (χ3n) is 4.52. The van der Waals surface area contributed by atoms with E-state index in [4.69, 9.17) is 0 Å². The lowest BCUT2D eigenvalue weighted by Gasteiger charge is -2.33. The number of hydrogen-bond acceptors (Lipinski definition) is 3. The van der Waals surface area contributed by atoms with Gasteiger partial charge in [-0.1, -0.05) is 25.1 Å². The molecule has 0 aromatic heterocycles. The Kier molecular flexibility index (Phi) is 5.03. The van der Waals surface area contributed by atoms with Crippen molar-refractivity contribution in [2.75, 3.05) is 23.3 Å². The molecular weight excluding hydrogens is 316 g/mol. The Morgan fingerprint density at radius 1 is 1.16 bits per heavy atom. The van der Waals surface area contributed by atoms with Crippen molar-refractivity contribution in [1.82, 2.24) is 0 Å². The summed E-state index contributed by atoms with van der Waals surface area (Å²) in [5.41, 5.74) is 1.96. The maximum atomic E-state index is 12.3. The molecule has 1 aliphatic rings. The summed E-state index contributed by atoms with van der Waals surface area (Å²) in [5, 5.41) is 12.4. The third-order valence-corrected chi connectivity index (χ3v) is 4.52.